The third-order valence-electron chi connectivity index (χ3n) is 1.62. The highest BCUT2D eigenvalue weighted by Gasteiger charge is 2.09. The lowest BCUT2D eigenvalue weighted by molar-refractivity contribution is 0.570. The van der Waals surface area contributed by atoms with E-state index in [1.54, 1.807) is 11.3 Å². The molecular weight excluding hydrogens is 236 g/mol. The number of hydrogen-bond acceptors (Lipinski definition) is 3. The minimum Gasteiger partial charge on any atom is -0.329 e. The van der Waals surface area contributed by atoms with Gasteiger partial charge in [-0.25, -0.2) is 0 Å². The van der Waals surface area contributed by atoms with Crippen LogP contribution >= 0.6 is 27.3 Å². The molecule has 1 aromatic heterocycles. The molecule has 0 saturated carbocycles. The molecule has 1 aromatic rings. The first-order valence-electron chi connectivity index (χ1n) is 3.96. The minimum atomic E-state index is 0.311. The number of rotatable bonds is 4. The van der Waals surface area contributed by atoms with Crippen LogP contribution in [0, 0.1) is 0 Å². The van der Waals surface area contributed by atoms with E-state index < -0.39 is 0 Å². The zero-order valence-electron chi connectivity index (χ0n) is 7.01. The van der Waals surface area contributed by atoms with Gasteiger partial charge in [0.25, 0.3) is 0 Å². The van der Waals surface area contributed by atoms with Gasteiger partial charge in [0.2, 0.25) is 0 Å². The Morgan fingerprint density at radius 3 is 2.83 bits per heavy atom. The number of nitrogens with one attached hydrogen (secondary N) is 1. The SMILES string of the molecule is CCNC(CN)c1ccc(Br)s1. The van der Waals surface area contributed by atoms with Gasteiger partial charge in [0.1, 0.15) is 0 Å². The van der Waals surface area contributed by atoms with E-state index in [1.807, 2.05) is 0 Å². The fraction of sp³-hybridized carbons (Fsp3) is 0.500. The van der Waals surface area contributed by atoms with Crippen LogP contribution in [-0.2, 0) is 0 Å². The molecule has 12 heavy (non-hydrogen) atoms. The molecule has 0 aliphatic carbocycles. The summed E-state index contributed by atoms with van der Waals surface area (Å²) in [5.74, 6) is 0. The van der Waals surface area contributed by atoms with Gasteiger partial charge < -0.3 is 11.1 Å². The Morgan fingerprint density at radius 2 is 2.42 bits per heavy atom. The summed E-state index contributed by atoms with van der Waals surface area (Å²) in [5, 5.41) is 3.33. The minimum absolute atomic E-state index is 0.311. The molecule has 0 spiro atoms. The maximum absolute atomic E-state index is 5.63. The summed E-state index contributed by atoms with van der Waals surface area (Å²) in [6, 6.07) is 4.47. The second-order valence-electron chi connectivity index (χ2n) is 2.49. The van der Waals surface area contributed by atoms with Crippen LogP contribution in [0.4, 0.5) is 0 Å². The van der Waals surface area contributed by atoms with Crippen molar-refractivity contribution in [1.82, 2.24) is 5.32 Å². The van der Waals surface area contributed by atoms with Crippen molar-refractivity contribution >= 4 is 27.3 Å². The number of nitrogens with two attached hydrogens (primary N) is 1. The highest BCUT2D eigenvalue weighted by atomic mass is 79.9. The lowest BCUT2D eigenvalue weighted by Crippen LogP contribution is -2.27. The Labute approximate surface area is 85.3 Å². The maximum atomic E-state index is 5.63. The first-order chi connectivity index (χ1) is 5.77. The molecule has 4 heteroatoms. The van der Waals surface area contributed by atoms with Crippen molar-refractivity contribution in [2.24, 2.45) is 5.73 Å². The van der Waals surface area contributed by atoms with Crippen LogP contribution in [0.1, 0.15) is 17.8 Å². The average molecular weight is 249 g/mol. The van der Waals surface area contributed by atoms with Gasteiger partial charge in [-0.15, -0.1) is 11.3 Å². The Bertz CT molecular complexity index is 237. The lowest BCUT2D eigenvalue weighted by atomic mass is 10.2. The molecule has 0 aromatic carbocycles. The standard InChI is InChI=1S/C8H13BrN2S/c1-2-11-6(5-10)7-3-4-8(9)12-7/h3-4,6,11H,2,5,10H2,1H3. The van der Waals surface area contributed by atoms with Crippen LogP contribution in [0.5, 0.6) is 0 Å². The van der Waals surface area contributed by atoms with E-state index in [9.17, 15) is 0 Å². The summed E-state index contributed by atoms with van der Waals surface area (Å²) in [6.45, 7) is 3.70. The molecule has 0 aliphatic heterocycles. The zero-order chi connectivity index (χ0) is 8.97. The Kier molecular flexibility index (Phi) is 4.21. The van der Waals surface area contributed by atoms with Crippen LogP contribution in [0.3, 0.4) is 0 Å². The largest absolute Gasteiger partial charge is 0.329 e. The molecule has 0 amide bonds. The predicted octanol–water partition coefficient (Wildman–Crippen LogP) is 2.12. The quantitative estimate of drug-likeness (QED) is 0.857. The summed E-state index contributed by atoms with van der Waals surface area (Å²) < 4.78 is 1.16. The van der Waals surface area contributed by atoms with Gasteiger partial charge in [-0.1, -0.05) is 6.92 Å². The molecular formula is C8H13BrN2S. The molecule has 1 rings (SSSR count). The van der Waals surface area contributed by atoms with Crippen LogP contribution in [0.2, 0.25) is 0 Å². The van der Waals surface area contributed by atoms with Crippen LogP contribution in [-0.4, -0.2) is 13.1 Å². The van der Waals surface area contributed by atoms with Gasteiger partial charge in [0.05, 0.1) is 9.83 Å². The van der Waals surface area contributed by atoms with Gasteiger partial charge in [-0.2, -0.15) is 0 Å². The van der Waals surface area contributed by atoms with Crippen molar-refractivity contribution in [2.75, 3.05) is 13.1 Å². The van der Waals surface area contributed by atoms with Crippen molar-refractivity contribution in [3.05, 3.63) is 20.8 Å². The summed E-state index contributed by atoms with van der Waals surface area (Å²) >= 11 is 5.17. The van der Waals surface area contributed by atoms with E-state index >= 15 is 0 Å². The van der Waals surface area contributed by atoms with Gasteiger partial charge >= 0.3 is 0 Å². The van der Waals surface area contributed by atoms with E-state index in [-0.39, 0.29) is 0 Å². The molecule has 0 fully saturated rings. The molecule has 68 valence electrons. The van der Waals surface area contributed by atoms with Crippen LogP contribution < -0.4 is 11.1 Å². The van der Waals surface area contributed by atoms with E-state index in [0.29, 0.717) is 12.6 Å². The topological polar surface area (TPSA) is 38.0 Å². The third kappa shape index (κ3) is 2.55. The Morgan fingerprint density at radius 1 is 1.67 bits per heavy atom. The number of hydrogen-bond donors (Lipinski definition) is 2. The summed E-state index contributed by atoms with van der Waals surface area (Å²) in [4.78, 5) is 1.30. The molecule has 1 heterocycles. The van der Waals surface area contributed by atoms with Gasteiger partial charge in [-0.05, 0) is 34.6 Å². The van der Waals surface area contributed by atoms with Crippen molar-refractivity contribution in [3.8, 4) is 0 Å². The van der Waals surface area contributed by atoms with E-state index in [2.05, 4.69) is 40.3 Å². The zero-order valence-corrected chi connectivity index (χ0v) is 9.41. The number of halogens is 1. The van der Waals surface area contributed by atoms with Crippen molar-refractivity contribution in [3.63, 3.8) is 0 Å². The molecule has 3 N–H and O–H groups in total. The highest BCUT2D eigenvalue weighted by Crippen LogP contribution is 2.26. The predicted molar refractivity (Wildman–Crippen MR) is 57.5 cm³/mol. The van der Waals surface area contributed by atoms with Gasteiger partial charge in [-0.3, -0.25) is 0 Å². The lowest BCUT2D eigenvalue weighted by Gasteiger charge is -2.12. The molecule has 0 aliphatic rings. The molecule has 0 radical (unpaired) electrons. The van der Waals surface area contributed by atoms with Crippen molar-refractivity contribution in [2.45, 2.75) is 13.0 Å². The van der Waals surface area contributed by atoms with Gasteiger partial charge in [0, 0.05) is 11.4 Å². The summed E-state index contributed by atoms with van der Waals surface area (Å²) in [6.07, 6.45) is 0. The Hall–Kier alpha value is 0.1000. The first kappa shape index (κ1) is 10.2. The third-order valence-corrected chi connectivity index (χ3v) is 3.36. The second-order valence-corrected chi connectivity index (χ2v) is 4.98. The molecule has 1 unspecified atom stereocenters. The molecule has 2 nitrogen and oxygen atoms in total. The molecule has 0 saturated heterocycles. The average Bonchev–Trinajstić information content (AvgIpc) is 2.47. The number of thiophene rings is 1. The van der Waals surface area contributed by atoms with E-state index in [1.165, 1.54) is 4.88 Å². The van der Waals surface area contributed by atoms with Crippen LogP contribution in [0.25, 0.3) is 0 Å². The second kappa shape index (κ2) is 4.97. The van der Waals surface area contributed by atoms with Gasteiger partial charge in [0.15, 0.2) is 0 Å². The fourth-order valence-electron chi connectivity index (χ4n) is 1.06. The molecule has 0 bridgehead atoms. The van der Waals surface area contributed by atoms with Crippen molar-refractivity contribution in [1.29, 1.82) is 0 Å². The molecule has 1 atom stereocenters. The van der Waals surface area contributed by atoms with Crippen molar-refractivity contribution < 1.29 is 0 Å². The fourth-order valence-corrected chi connectivity index (χ4v) is 2.57. The van der Waals surface area contributed by atoms with Crippen LogP contribution in [0.15, 0.2) is 15.9 Å². The smallest absolute Gasteiger partial charge is 0.0702 e. The number of likely N-dealkylation sites (N-methyl/N-ethyl adjacent to an activating group) is 1. The Balaban J connectivity index is 2.66. The van der Waals surface area contributed by atoms with E-state index in [0.717, 1.165) is 10.3 Å². The first-order valence-corrected chi connectivity index (χ1v) is 5.57. The highest BCUT2D eigenvalue weighted by molar-refractivity contribution is 9.11. The normalized spacial score (nSPS) is 13.2. The summed E-state index contributed by atoms with van der Waals surface area (Å²) in [5.41, 5.74) is 5.63. The monoisotopic (exact) mass is 248 g/mol. The van der Waals surface area contributed by atoms with E-state index in [4.69, 9.17) is 5.73 Å². The maximum Gasteiger partial charge on any atom is 0.0702 e. The summed E-state index contributed by atoms with van der Waals surface area (Å²) in [7, 11) is 0.